The van der Waals surface area contributed by atoms with Crippen molar-refractivity contribution in [1.82, 2.24) is 0 Å². The Kier molecular flexibility index (Phi) is 6.53. The monoisotopic (exact) mass is 407 g/mol. The van der Waals surface area contributed by atoms with Gasteiger partial charge in [0.05, 0.1) is 6.61 Å². The second-order valence-electron chi connectivity index (χ2n) is 7.12. The molecule has 0 radical (unpaired) electrons. The minimum atomic E-state index is -0.468. The van der Waals surface area contributed by atoms with E-state index >= 15 is 0 Å². The molecule has 0 spiro atoms. The number of rotatable bonds is 6. The number of hydrogen-bond donors (Lipinski definition) is 2. The minimum absolute atomic E-state index is 0.122. The topological polar surface area (TPSA) is 82.2 Å². The SMILES string of the molecule is CCOC(=O)c1c(-c2ccc(C)o2)csc1NC(=O)C[NH+]1C[C@@H](C)O[C@@H](C)C1. The first-order valence-electron chi connectivity index (χ1n) is 9.51. The number of anilines is 1. The molecule has 1 aliphatic heterocycles. The molecule has 0 aliphatic carbocycles. The molecule has 8 heteroatoms. The van der Waals surface area contributed by atoms with Crippen LogP contribution in [0.5, 0.6) is 0 Å². The summed E-state index contributed by atoms with van der Waals surface area (Å²) in [4.78, 5) is 26.4. The molecule has 2 aromatic rings. The smallest absolute Gasteiger partial charge is 0.341 e. The van der Waals surface area contributed by atoms with Gasteiger partial charge in [-0.1, -0.05) is 0 Å². The Morgan fingerprint density at radius 2 is 2.00 bits per heavy atom. The molecule has 0 bridgehead atoms. The van der Waals surface area contributed by atoms with E-state index in [1.807, 2.05) is 38.3 Å². The normalized spacial score (nSPS) is 22.1. The zero-order chi connectivity index (χ0) is 20.3. The highest BCUT2D eigenvalue weighted by Gasteiger charge is 2.29. The van der Waals surface area contributed by atoms with Gasteiger partial charge < -0.3 is 24.1 Å². The van der Waals surface area contributed by atoms with Gasteiger partial charge in [0, 0.05) is 10.9 Å². The van der Waals surface area contributed by atoms with Gasteiger partial charge in [0.1, 0.15) is 47.4 Å². The van der Waals surface area contributed by atoms with Crippen LogP contribution in [0.1, 0.15) is 36.9 Å². The number of aryl methyl sites for hydroxylation is 1. The number of carbonyl (C=O) groups is 2. The number of hydrogen-bond acceptors (Lipinski definition) is 6. The molecule has 1 unspecified atom stereocenters. The number of carbonyl (C=O) groups excluding carboxylic acids is 2. The first-order valence-corrected chi connectivity index (χ1v) is 10.4. The molecule has 152 valence electrons. The van der Waals surface area contributed by atoms with Crippen molar-refractivity contribution in [3.8, 4) is 11.3 Å². The summed E-state index contributed by atoms with van der Waals surface area (Å²) < 4.78 is 16.6. The number of morpholine rings is 1. The lowest BCUT2D eigenvalue weighted by Gasteiger charge is -2.31. The molecule has 3 heterocycles. The van der Waals surface area contributed by atoms with Crippen LogP contribution in [-0.4, -0.2) is 50.3 Å². The van der Waals surface area contributed by atoms with Crippen molar-refractivity contribution in [2.24, 2.45) is 0 Å². The summed E-state index contributed by atoms with van der Waals surface area (Å²) in [6, 6.07) is 3.65. The van der Waals surface area contributed by atoms with E-state index in [4.69, 9.17) is 13.9 Å². The highest BCUT2D eigenvalue weighted by molar-refractivity contribution is 7.15. The molecule has 2 N–H and O–H groups in total. The van der Waals surface area contributed by atoms with Gasteiger partial charge in [-0.15, -0.1) is 11.3 Å². The van der Waals surface area contributed by atoms with E-state index in [9.17, 15) is 9.59 Å². The van der Waals surface area contributed by atoms with Crippen molar-refractivity contribution in [3.63, 3.8) is 0 Å². The minimum Gasteiger partial charge on any atom is -0.462 e. The zero-order valence-electron chi connectivity index (χ0n) is 16.7. The lowest BCUT2D eigenvalue weighted by molar-refractivity contribution is -0.907. The summed E-state index contributed by atoms with van der Waals surface area (Å²) in [6.07, 6.45) is 0.245. The van der Waals surface area contributed by atoms with Crippen molar-refractivity contribution in [2.75, 3.05) is 31.6 Å². The number of thiophene rings is 1. The molecular weight excluding hydrogens is 380 g/mol. The van der Waals surface area contributed by atoms with E-state index in [1.165, 1.54) is 16.2 Å². The van der Waals surface area contributed by atoms with Gasteiger partial charge >= 0.3 is 5.97 Å². The van der Waals surface area contributed by atoms with Gasteiger partial charge in [-0.3, -0.25) is 4.79 Å². The maximum absolute atomic E-state index is 12.6. The van der Waals surface area contributed by atoms with Crippen LogP contribution in [-0.2, 0) is 14.3 Å². The van der Waals surface area contributed by atoms with Crippen LogP contribution in [0.4, 0.5) is 5.00 Å². The summed E-state index contributed by atoms with van der Waals surface area (Å²) in [7, 11) is 0. The van der Waals surface area contributed by atoms with Gasteiger partial charge in [0.2, 0.25) is 0 Å². The Hall–Kier alpha value is -2.16. The molecule has 3 rings (SSSR count). The molecule has 3 atom stereocenters. The number of nitrogens with one attached hydrogen (secondary N) is 2. The highest BCUT2D eigenvalue weighted by atomic mass is 32.1. The van der Waals surface area contributed by atoms with E-state index in [1.54, 1.807) is 6.92 Å². The van der Waals surface area contributed by atoms with Crippen molar-refractivity contribution in [2.45, 2.75) is 39.9 Å². The Morgan fingerprint density at radius 1 is 1.29 bits per heavy atom. The average Bonchev–Trinajstić information content (AvgIpc) is 3.20. The maximum Gasteiger partial charge on any atom is 0.341 e. The number of ether oxygens (including phenoxy) is 2. The molecule has 1 fully saturated rings. The number of furan rings is 1. The third kappa shape index (κ3) is 4.81. The third-order valence-electron chi connectivity index (χ3n) is 4.56. The summed E-state index contributed by atoms with van der Waals surface area (Å²) >= 11 is 1.30. The van der Waals surface area contributed by atoms with Crippen molar-refractivity contribution >= 4 is 28.2 Å². The predicted molar refractivity (Wildman–Crippen MR) is 107 cm³/mol. The second-order valence-corrected chi connectivity index (χ2v) is 8.00. The number of quaternary nitrogens is 1. The second kappa shape index (κ2) is 8.89. The Labute approximate surface area is 168 Å². The molecule has 0 aromatic carbocycles. The maximum atomic E-state index is 12.6. The predicted octanol–water partition coefficient (Wildman–Crippen LogP) is 2.12. The summed E-state index contributed by atoms with van der Waals surface area (Å²) in [6.45, 7) is 9.78. The Balaban J connectivity index is 1.78. The Morgan fingerprint density at radius 3 is 2.61 bits per heavy atom. The van der Waals surface area contributed by atoms with Crippen molar-refractivity contribution < 1.29 is 28.4 Å². The van der Waals surface area contributed by atoms with Crippen LogP contribution in [0.2, 0.25) is 0 Å². The summed E-state index contributed by atoms with van der Waals surface area (Å²) in [5.74, 6) is 0.731. The number of esters is 1. The van der Waals surface area contributed by atoms with Crippen LogP contribution >= 0.6 is 11.3 Å². The van der Waals surface area contributed by atoms with Crippen molar-refractivity contribution in [3.05, 3.63) is 28.8 Å². The summed E-state index contributed by atoms with van der Waals surface area (Å²) in [5.41, 5.74) is 0.973. The number of amides is 1. The molecule has 2 aromatic heterocycles. The molecule has 1 aliphatic rings. The van der Waals surface area contributed by atoms with Gasteiger partial charge in [-0.25, -0.2) is 4.79 Å². The lowest BCUT2D eigenvalue weighted by Crippen LogP contribution is -3.16. The molecule has 28 heavy (non-hydrogen) atoms. The fourth-order valence-electron chi connectivity index (χ4n) is 3.55. The standard InChI is InChI=1S/C20H26N2O5S/c1-5-25-20(24)18-15(16-7-6-12(2)27-16)11-28-19(18)21-17(23)10-22-8-13(3)26-14(4)9-22/h6-7,11,13-14H,5,8-10H2,1-4H3,(H,21,23)/p+1/t13-,14+. The Bertz CT molecular complexity index is 834. The van der Waals surface area contributed by atoms with Gasteiger partial charge in [0.15, 0.2) is 6.54 Å². The molecule has 1 saturated heterocycles. The molecule has 7 nitrogen and oxygen atoms in total. The van der Waals surface area contributed by atoms with E-state index in [-0.39, 0.29) is 24.7 Å². The van der Waals surface area contributed by atoms with Gasteiger partial charge in [-0.2, -0.15) is 0 Å². The lowest BCUT2D eigenvalue weighted by atomic mass is 10.1. The van der Waals surface area contributed by atoms with Crippen LogP contribution in [0.15, 0.2) is 21.9 Å². The largest absolute Gasteiger partial charge is 0.462 e. The van der Waals surface area contributed by atoms with Crippen LogP contribution in [0.25, 0.3) is 11.3 Å². The fourth-order valence-corrected chi connectivity index (χ4v) is 4.50. The quantitative estimate of drug-likeness (QED) is 0.717. The van der Waals surface area contributed by atoms with E-state index in [0.717, 1.165) is 18.8 Å². The fraction of sp³-hybridized carbons (Fsp3) is 0.500. The zero-order valence-corrected chi connectivity index (χ0v) is 17.5. The van der Waals surface area contributed by atoms with Crippen molar-refractivity contribution in [1.29, 1.82) is 0 Å². The molecule has 0 saturated carbocycles. The average molecular weight is 408 g/mol. The molecule has 1 amide bonds. The van der Waals surface area contributed by atoms with Gasteiger partial charge in [0.25, 0.3) is 5.91 Å². The van der Waals surface area contributed by atoms with Crippen LogP contribution < -0.4 is 10.2 Å². The third-order valence-corrected chi connectivity index (χ3v) is 5.45. The van der Waals surface area contributed by atoms with E-state index < -0.39 is 5.97 Å². The highest BCUT2D eigenvalue weighted by Crippen LogP contribution is 2.37. The first-order chi connectivity index (χ1) is 13.4. The summed E-state index contributed by atoms with van der Waals surface area (Å²) in [5, 5.41) is 5.20. The molecular formula is C20H27N2O5S+. The van der Waals surface area contributed by atoms with Crippen LogP contribution in [0, 0.1) is 6.92 Å². The van der Waals surface area contributed by atoms with E-state index in [0.29, 0.717) is 28.4 Å². The first kappa shape index (κ1) is 20.6. The van der Waals surface area contributed by atoms with Crippen LogP contribution in [0.3, 0.4) is 0 Å². The van der Waals surface area contributed by atoms with Gasteiger partial charge in [-0.05, 0) is 39.8 Å². The van der Waals surface area contributed by atoms with E-state index in [2.05, 4.69) is 5.32 Å².